The monoisotopic (exact) mass is 245 g/mol. The molecule has 0 rings (SSSR count). The minimum atomic E-state index is -0.788. The largest absolute Gasteiger partial charge is 0.469 e. The Morgan fingerprint density at radius 3 is 2.18 bits per heavy atom. The van der Waals surface area contributed by atoms with Crippen LogP contribution in [0.25, 0.3) is 0 Å². The van der Waals surface area contributed by atoms with Gasteiger partial charge in [0.2, 0.25) is 0 Å². The van der Waals surface area contributed by atoms with Crippen molar-refractivity contribution in [3.8, 4) is 0 Å². The summed E-state index contributed by atoms with van der Waals surface area (Å²) in [5, 5.41) is 2.35. The van der Waals surface area contributed by atoms with Crippen LogP contribution in [0.15, 0.2) is 0 Å². The number of hydrogen-bond donors (Lipinski definition) is 1. The summed E-state index contributed by atoms with van der Waals surface area (Å²) in [6, 6.07) is -0.788. The lowest BCUT2D eigenvalue weighted by Crippen LogP contribution is -2.42. The number of ketones is 1. The molecule has 0 aliphatic carbocycles. The third kappa shape index (κ3) is 7.32. The molecule has 0 unspecified atom stereocenters. The maximum Gasteiger partial charge on any atom is 0.408 e. The fraction of sp³-hybridized carbons (Fsp3) is 0.727. The van der Waals surface area contributed by atoms with Gasteiger partial charge in [-0.25, -0.2) is 4.79 Å². The molecular formula is C11H19NO5. The third-order valence-electron chi connectivity index (χ3n) is 1.76. The van der Waals surface area contributed by atoms with Crippen molar-refractivity contribution in [3.05, 3.63) is 0 Å². The Balaban J connectivity index is 4.17. The van der Waals surface area contributed by atoms with Gasteiger partial charge < -0.3 is 14.8 Å². The van der Waals surface area contributed by atoms with E-state index in [0.717, 1.165) is 0 Å². The molecule has 6 nitrogen and oxygen atoms in total. The van der Waals surface area contributed by atoms with Gasteiger partial charge in [-0.15, -0.1) is 0 Å². The number of nitrogens with one attached hydrogen (secondary N) is 1. The zero-order valence-corrected chi connectivity index (χ0v) is 10.8. The second-order valence-corrected chi connectivity index (χ2v) is 4.59. The summed E-state index contributed by atoms with van der Waals surface area (Å²) < 4.78 is 9.32. The summed E-state index contributed by atoms with van der Waals surface area (Å²) in [5.74, 6) is -1.06. The molecule has 0 aliphatic rings. The third-order valence-corrected chi connectivity index (χ3v) is 1.76. The van der Waals surface area contributed by atoms with Crippen LogP contribution < -0.4 is 5.32 Å². The first-order valence-electron chi connectivity index (χ1n) is 5.24. The minimum Gasteiger partial charge on any atom is -0.469 e. The maximum absolute atomic E-state index is 11.4. The Morgan fingerprint density at radius 1 is 1.24 bits per heavy atom. The van der Waals surface area contributed by atoms with Crippen molar-refractivity contribution < 1.29 is 23.9 Å². The number of alkyl carbamates (subject to hydrolysis) is 1. The van der Waals surface area contributed by atoms with Gasteiger partial charge in [0, 0.05) is 0 Å². The zero-order valence-electron chi connectivity index (χ0n) is 10.8. The van der Waals surface area contributed by atoms with Crippen molar-refractivity contribution in [2.45, 2.75) is 45.8 Å². The van der Waals surface area contributed by atoms with E-state index >= 15 is 0 Å². The van der Waals surface area contributed by atoms with Crippen molar-refractivity contribution in [1.82, 2.24) is 5.32 Å². The van der Waals surface area contributed by atoms with E-state index in [4.69, 9.17) is 4.74 Å². The van der Waals surface area contributed by atoms with Crippen LogP contribution in [0.2, 0.25) is 0 Å². The van der Waals surface area contributed by atoms with Gasteiger partial charge in [0.25, 0.3) is 0 Å². The Hall–Kier alpha value is -1.59. The standard InChI is InChI=1S/C11H19NO5/c1-7(8(13)6-9(14)16-5)12-10(15)17-11(2,3)4/h7H,6H2,1-5H3,(H,12,15)/t7-/m0/s1. The number of carbonyl (C=O) groups is 3. The number of hydrogen-bond acceptors (Lipinski definition) is 5. The average Bonchev–Trinajstić information content (AvgIpc) is 2.14. The molecule has 0 saturated heterocycles. The van der Waals surface area contributed by atoms with Gasteiger partial charge in [-0.1, -0.05) is 0 Å². The lowest BCUT2D eigenvalue weighted by molar-refractivity contribution is -0.143. The number of amides is 1. The van der Waals surface area contributed by atoms with Crippen molar-refractivity contribution in [2.24, 2.45) is 0 Å². The van der Waals surface area contributed by atoms with E-state index in [1.165, 1.54) is 14.0 Å². The SMILES string of the molecule is COC(=O)CC(=O)[C@H](C)NC(=O)OC(C)(C)C. The first kappa shape index (κ1) is 15.4. The summed E-state index contributed by atoms with van der Waals surface area (Å²) in [6.45, 7) is 6.63. The van der Waals surface area contributed by atoms with Crippen LogP contribution in [-0.2, 0) is 19.1 Å². The van der Waals surface area contributed by atoms with Crippen LogP contribution in [0, 0.1) is 0 Å². The molecule has 0 aromatic rings. The molecule has 1 N–H and O–H groups in total. The van der Waals surface area contributed by atoms with Crippen LogP contribution in [0.1, 0.15) is 34.1 Å². The second kappa shape index (κ2) is 6.22. The van der Waals surface area contributed by atoms with Crippen LogP contribution in [0.4, 0.5) is 4.79 Å². The van der Waals surface area contributed by atoms with Gasteiger partial charge in [-0.05, 0) is 27.7 Å². The van der Waals surface area contributed by atoms with Gasteiger partial charge in [0.15, 0.2) is 5.78 Å². The number of esters is 1. The highest BCUT2D eigenvalue weighted by Gasteiger charge is 2.22. The zero-order chi connectivity index (χ0) is 13.6. The number of methoxy groups -OCH3 is 1. The molecule has 98 valence electrons. The van der Waals surface area contributed by atoms with Gasteiger partial charge in [0.1, 0.15) is 12.0 Å². The molecule has 0 radical (unpaired) electrons. The summed E-state index contributed by atoms with van der Waals surface area (Å²) in [6.07, 6.45) is -1.06. The Bertz CT molecular complexity index is 305. The van der Waals surface area contributed by atoms with Gasteiger partial charge in [0.05, 0.1) is 13.2 Å². The molecule has 0 fully saturated rings. The van der Waals surface area contributed by atoms with E-state index in [1.807, 2.05) is 0 Å². The quantitative estimate of drug-likeness (QED) is 0.591. The summed E-state index contributed by atoms with van der Waals surface area (Å²) in [4.78, 5) is 33.6. The highest BCUT2D eigenvalue weighted by molar-refractivity contribution is 5.99. The topological polar surface area (TPSA) is 81.7 Å². The molecular weight excluding hydrogens is 226 g/mol. The van der Waals surface area contributed by atoms with E-state index in [2.05, 4.69) is 10.1 Å². The summed E-state index contributed by atoms with van der Waals surface area (Å²) in [5.41, 5.74) is -0.630. The molecule has 6 heteroatoms. The number of carbonyl (C=O) groups excluding carboxylic acids is 3. The average molecular weight is 245 g/mol. The molecule has 0 heterocycles. The highest BCUT2D eigenvalue weighted by atomic mass is 16.6. The molecule has 0 aromatic heterocycles. The second-order valence-electron chi connectivity index (χ2n) is 4.59. The van der Waals surface area contributed by atoms with Gasteiger partial charge >= 0.3 is 12.1 Å². The van der Waals surface area contributed by atoms with Crippen molar-refractivity contribution >= 4 is 17.8 Å². The first-order valence-corrected chi connectivity index (χ1v) is 5.24. The summed E-state index contributed by atoms with van der Waals surface area (Å²) >= 11 is 0. The van der Waals surface area contributed by atoms with Crippen LogP contribution in [0.5, 0.6) is 0 Å². The van der Waals surface area contributed by atoms with Crippen LogP contribution >= 0.6 is 0 Å². The van der Waals surface area contributed by atoms with Crippen molar-refractivity contribution in [3.63, 3.8) is 0 Å². The van der Waals surface area contributed by atoms with E-state index in [0.29, 0.717) is 0 Å². The molecule has 0 spiro atoms. The first-order chi connectivity index (χ1) is 7.65. The van der Waals surface area contributed by atoms with Crippen molar-refractivity contribution in [2.75, 3.05) is 7.11 Å². The van der Waals surface area contributed by atoms with E-state index < -0.39 is 29.5 Å². The van der Waals surface area contributed by atoms with E-state index in [9.17, 15) is 14.4 Å². The Kier molecular flexibility index (Phi) is 5.64. The molecule has 1 amide bonds. The molecule has 0 aromatic carbocycles. The minimum absolute atomic E-state index is 0.368. The normalized spacial score (nSPS) is 12.5. The van der Waals surface area contributed by atoms with Crippen LogP contribution in [-0.4, -0.2) is 36.6 Å². The molecule has 0 aliphatic heterocycles. The van der Waals surface area contributed by atoms with E-state index in [-0.39, 0.29) is 6.42 Å². The smallest absolute Gasteiger partial charge is 0.408 e. The highest BCUT2D eigenvalue weighted by Crippen LogP contribution is 2.07. The van der Waals surface area contributed by atoms with Gasteiger partial charge in [-0.3, -0.25) is 9.59 Å². The molecule has 17 heavy (non-hydrogen) atoms. The fourth-order valence-corrected chi connectivity index (χ4v) is 0.932. The van der Waals surface area contributed by atoms with Gasteiger partial charge in [-0.2, -0.15) is 0 Å². The Labute approximate surface area is 101 Å². The van der Waals surface area contributed by atoms with Crippen molar-refractivity contribution in [1.29, 1.82) is 0 Å². The molecule has 0 bridgehead atoms. The predicted molar refractivity (Wildman–Crippen MR) is 60.5 cm³/mol. The lowest BCUT2D eigenvalue weighted by atomic mass is 10.1. The Morgan fingerprint density at radius 2 is 1.76 bits per heavy atom. The predicted octanol–water partition coefficient (Wildman–Crippen LogP) is 1.03. The van der Waals surface area contributed by atoms with Crippen LogP contribution in [0.3, 0.4) is 0 Å². The number of ether oxygens (including phenoxy) is 2. The lowest BCUT2D eigenvalue weighted by Gasteiger charge is -2.21. The fourth-order valence-electron chi connectivity index (χ4n) is 0.932. The number of rotatable bonds is 4. The summed E-state index contributed by atoms with van der Waals surface area (Å²) in [7, 11) is 1.20. The molecule has 1 atom stereocenters. The number of Topliss-reactive ketones (excluding diaryl/α,β-unsaturated/α-hetero) is 1. The molecule has 0 saturated carbocycles. The maximum atomic E-state index is 11.4. The van der Waals surface area contributed by atoms with E-state index in [1.54, 1.807) is 20.8 Å².